The molecule has 150 valence electrons. The van der Waals surface area contributed by atoms with Gasteiger partial charge in [0.15, 0.2) is 11.1 Å². The van der Waals surface area contributed by atoms with E-state index < -0.39 is 11.3 Å². The van der Waals surface area contributed by atoms with Crippen LogP contribution in [0, 0.1) is 0 Å². The lowest BCUT2D eigenvalue weighted by atomic mass is 10.1. The van der Waals surface area contributed by atoms with Crippen LogP contribution < -0.4 is 14.2 Å². The van der Waals surface area contributed by atoms with E-state index in [-0.39, 0.29) is 17.3 Å². The van der Waals surface area contributed by atoms with Crippen LogP contribution in [0.2, 0.25) is 0 Å². The Hall–Kier alpha value is -3.57. The summed E-state index contributed by atoms with van der Waals surface area (Å²) < 4.78 is 16.3. The normalized spacial score (nSPS) is 14.7. The number of halogens is 1. The molecule has 1 heterocycles. The maximum Gasteiger partial charge on any atom is 0.334 e. The van der Waals surface area contributed by atoms with Gasteiger partial charge in [-0.25, -0.2) is 4.79 Å². The summed E-state index contributed by atoms with van der Waals surface area (Å²) >= 11 is 6.21. The molecule has 0 aliphatic carbocycles. The maximum absolute atomic E-state index is 12.6. The molecule has 0 N–H and O–H groups in total. The van der Waals surface area contributed by atoms with Crippen LogP contribution in [0.15, 0.2) is 78.6 Å². The fourth-order valence-corrected chi connectivity index (χ4v) is 3.23. The predicted octanol–water partition coefficient (Wildman–Crippen LogP) is 5.20. The van der Waals surface area contributed by atoms with E-state index in [4.69, 9.17) is 25.8 Å². The number of hydrogen-bond acceptors (Lipinski definition) is 5. The second-order valence-corrected chi connectivity index (χ2v) is 7.01. The standard InChI is InChI=1S/C24H17ClO5/c1-28-17-9-5-6-15(12-17)13-21-23(26)19-11-10-18(14-20(19)30-21)29-24(27)22(25)16-7-3-2-4-8-16/h2-14,22H,1H3/b21-13-. The van der Waals surface area contributed by atoms with Gasteiger partial charge in [0.1, 0.15) is 17.2 Å². The summed E-state index contributed by atoms with van der Waals surface area (Å²) in [7, 11) is 1.57. The Kier molecular flexibility index (Phi) is 5.55. The number of rotatable bonds is 5. The van der Waals surface area contributed by atoms with Crippen molar-refractivity contribution in [2.75, 3.05) is 7.11 Å². The number of allylic oxidation sites excluding steroid dienone is 1. The minimum Gasteiger partial charge on any atom is -0.497 e. The van der Waals surface area contributed by atoms with Gasteiger partial charge in [-0.2, -0.15) is 0 Å². The average molecular weight is 421 g/mol. The number of carbonyl (C=O) groups excluding carboxylic acids is 2. The van der Waals surface area contributed by atoms with E-state index in [1.165, 1.54) is 6.07 Å². The molecule has 0 bridgehead atoms. The van der Waals surface area contributed by atoms with Crippen molar-refractivity contribution in [1.29, 1.82) is 0 Å². The number of carbonyl (C=O) groups is 2. The van der Waals surface area contributed by atoms with Crippen molar-refractivity contribution in [3.8, 4) is 17.2 Å². The molecule has 1 aliphatic heterocycles. The van der Waals surface area contributed by atoms with Crippen LogP contribution >= 0.6 is 11.6 Å². The Morgan fingerprint density at radius 2 is 1.80 bits per heavy atom. The van der Waals surface area contributed by atoms with Gasteiger partial charge in [-0.15, -0.1) is 11.6 Å². The number of hydrogen-bond donors (Lipinski definition) is 0. The van der Waals surface area contributed by atoms with Gasteiger partial charge in [0, 0.05) is 6.07 Å². The molecule has 3 aromatic rings. The van der Waals surface area contributed by atoms with Crippen LogP contribution in [-0.4, -0.2) is 18.9 Å². The summed E-state index contributed by atoms with van der Waals surface area (Å²) in [4.78, 5) is 25.0. The van der Waals surface area contributed by atoms with E-state index >= 15 is 0 Å². The predicted molar refractivity (Wildman–Crippen MR) is 113 cm³/mol. The molecule has 0 saturated carbocycles. The highest BCUT2D eigenvalue weighted by atomic mass is 35.5. The Morgan fingerprint density at radius 3 is 2.57 bits per heavy atom. The Balaban J connectivity index is 1.52. The molecule has 0 amide bonds. The van der Waals surface area contributed by atoms with Crippen LogP contribution in [0.4, 0.5) is 0 Å². The van der Waals surface area contributed by atoms with Crippen molar-refractivity contribution >= 4 is 29.4 Å². The van der Waals surface area contributed by atoms with Crippen molar-refractivity contribution in [2.24, 2.45) is 0 Å². The smallest absolute Gasteiger partial charge is 0.334 e. The van der Waals surface area contributed by atoms with Gasteiger partial charge in [0.25, 0.3) is 0 Å². The van der Waals surface area contributed by atoms with E-state index in [9.17, 15) is 9.59 Å². The number of esters is 1. The molecular formula is C24H17ClO5. The van der Waals surface area contributed by atoms with Crippen molar-refractivity contribution in [2.45, 2.75) is 5.38 Å². The molecule has 6 heteroatoms. The third-order valence-electron chi connectivity index (χ3n) is 4.55. The summed E-state index contributed by atoms with van der Waals surface area (Å²) in [5.74, 6) is 0.572. The molecule has 0 aromatic heterocycles. The van der Waals surface area contributed by atoms with E-state index in [2.05, 4.69) is 0 Å². The summed E-state index contributed by atoms with van der Waals surface area (Å²) in [6.45, 7) is 0. The molecule has 4 rings (SSSR count). The highest BCUT2D eigenvalue weighted by Crippen LogP contribution is 2.35. The van der Waals surface area contributed by atoms with Crippen molar-refractivity contribution in [1.82, 2.24) is 0 Å². The van der Waals surface area contributed by atoms with Gasteiger partial charge < -0.3 is 14.2 Å². The number of Topliss-reactive ketones (excluding diaryl/α,β-unsaturated/α-hetero) is 1. The molecule has 3 aromatic carbocycles. The topological polar surface area (TPSA) is 61.8 Å². The van der Waals surface area contributed by atoms with Crippen molar-refractivity contribution in [3.05, 3.63) is 95.2 Å². The molecule has 0 spiro atoms. The lowest BCUT2D eigenvalue weighted by Gasteiger charge is -2.10. The van der Waals surface area contributed by atoms with Gasteiger partial charge in [0.05, 0.1) is 12.7 Å². The third-order valence-corrected chi connectivity index (χ3v) is 4.98. The number of benzene rings is 3. The molecular weight excluding hydrogens is 404 g/mol. The minimum absolute atomic E-state index is 0.182. The molecule has 1 atom stereocenters. The van der Waals surface area contributed by atoms with E-state index in [0.29, 0.717) is 22.6 Å². The lowest BCUT2D eigenvalue weighted by Crippen LogP contribution is -2.14. The van der Waals surface area contributed by atoms with E-state index in [1.807, 2.05) is 24.3 Å². The quantitative estimate of drug-likeness (QED) is 0.246. The SMILES string of the molecule is COc1cccc(/C=C2\Oc3cc(OC(=O)C(Cl)c4ccccc4)ccc3C2=O)c1. The molecule has 1 unspecified atom stereocenters. The highest BCUT2D eigenvalue weighted by Gasteiger charge is 2.28. The first-order valence-electron chi connectivity index (χ1n) is 9.18. The minimum atomic E-state index is -0.939. The van der Waals surface area contributed by atoms with Crippen molar-refractivity contribution in [3.63, 3.8) is 0 Å². The third kappa shape index (κ3) is 4.07. The van der Waals surface area contributed by atoms with Crippen LogP contribution in [-0.2, 0) is 4.79 Å². The second kappa shape index (κ2) is 8.43. The van der Waals surface area contributed by atoms with Crippen LogP contribution in [0.1, 0.15) is 26.9 Å². The molecule has 0 saturated heterocycles. The van der Waals surface area contributed by atoms with Crippen molar-refractivity contribution < 1.29 is 23.8 Å². The zero-order valence-electron chi connectivity index (χ0n) is 16.0. The lowest BCUT2D eigenvalue weighted by molar-refractivity contribution is -0.134. The number of ketones is 1. The summed E-state index contributed by atoms with van der Waals surface area (Å²) in [6, 6.07) is 20.8. The molecule has 30 heavy (non-hydrogen) atoms. The largest absolute Gasteiger partial charge is 0.497 e. The summed E-state index contributed by atoms with van der Waals surface area (Å²) in [5, 5.41) is -0.939. The van der Waals surface area contributed by atoms with Crippen LogP contribution in [0.25, 0.3) is 6.08 Å². The van der Waals surface area contributed by atoms with E-state index in [1.54, 1.807) is 55.7 Å². The molecule has 1 aliphatic rings. The van der Waals surface area contributed by atoms with Gasteiger partial charge in [-0.1, -0.05) is 42.5 Å². The summed E-state index contributed by atoms with van der Waals surface area (Å²) in [5.41, 5.74) is 1.81. The summed E-state index contributed by atoms with van der Waals surface area (Å²) in [6.07, 6.45) is 1.64. The van der Waals surface area contributed by atoms with Gasteiger partial charge in [-0.3, -0.25) is 4.79 Å². The Morgan fingerprint density at radius 1 is 1.00 bits per heavy atom. The van der Waals surface area contributed by atoms with Crippen LogP contribution in [0.5, 0.6) is 17.2 Å². The van der Waals surface area contributed by atoms with E-state index in [0.717, 1.165) is 5.56 Å². The number of fused-ring (bicyclic) bond motifs is 1. The first kappa shape index (κ1) is 19.7. The zero-order valence-corrected chi connectivity index (χ0v) is 16.8. The van der Waals surface area contributed by atoms with Gasteiger partial charge in [0.2, 0.25) is 5.78 Å². The molecule has 0 radical (unpaired) electrons. The first-order valence-corrected chi connectivity index (χ1v) is 9.62. The zero-order chi connectivity index (χ0) is 21.1. The fourth-order valence-electron chi connectivity index (χ4n) is 3.04. The Bertz CT molecular complexity index is 1140. The van der Waals surface area contributed by atoms with Crippen LogP contribution in [0.3, 0.4) is 0 Å². The number of methoxy groups -OCH3 is 1. The van der Waals surface area contributed by atoms with Gasteiger partial charge >= 0.3 is 5.97 Å². The molecule has 0 fully saturated rings. The first-order chi connectivity index (χ1) is 14.5. The Labute approximate surface area is 178 Å². The maximum atomic E-state index is 12.6. The second-order valence-electron chi connectivity index (χ2n) is 6.57. The highest BCUT2D eigenvalue weighted by molar-refractivity contribution is 6.30. The fraction of sp³-hybridized carbons (Fsp3) is 0.0833. The average Bonchev–Trinajstić information content (AvgIpc) is 3.08. The number of alkyl halides is 1. The number of ether oxygens (including phenoxy) is 3. The van der Waals surface area contributed by atoms with Gasteiger partial charge in [-0.05, 0) is 41.5 Å². The monoisotopic (exact) mass is 420 g/mol. The molecule has 5 nitrogen and oxygen atoms in total.